The topological polar surface area (TPSA) is 189 Å². The van der Waals surface area contributed by atoms with Gasteiger partial charge in [-0.1, -0.05) is 55.4 Å². The molecule has 394 valence electrons. The number of hydrogen-bond acceptors (Lipinski definition) is 16. The van der Waals surface area contributed by atoms with E-state index in [1.807, 2.05) is 46.5 Å². The van der Waals surface area contributed by atoms with Crippen molar-refractivity contribution in [3.8, 4) is 22.5 Å². The maximum absolute atomic E-state index is 5.91. The summed E-state index contributed by atoms with van der Waals surface area (Å²) in [4.78, 5) is 32.5. The Labute approximate surface area is 428 Å². The maximum Gasteiger partial charge on any atom is 0.179 e. The van der Waals surface area contributed by atoms with Gasteiger partial charge in [-0.2, -0.15) is 10.2 Å². The van der Waals surface area contributed by atoms with Crippen molar-refractivity contribution in [1.29, 1.82) is 0 Å². The number of rotatable bonds is 19. The summed E-state index contributed by atoms with van der Waals surface area (Å²) in [5.74, 6) is 2.37. The Morgan fingerprint density at radius 1 is 0.611 bits per heavy atom. The molecule has 8 heterocycles. The number of nitrogens with zero attached hydrogens (tertiary/aromatic N) is 11. The number of nitrogens with one attached hydrogen (secondary N) is 3. The van der Waals surface area contributed by atoms with Gasteiger partial charge in [0.2, 0.25) is 0 Å². The van der Waals surface area contributed by atoms with Crippen molar-refractivity contribution in [3.05, 3.63) is 58.4 Å². The van der Waals surface area contributed by atoms with E-state index >= 15 is 0 Å². The van der Waals surface area contributed by atoms with Crippen molar-refractivity contribution in [1.82, 2.24) is 59.7 Å². The normalized spacial score (nSPS) is 15.2. The molecule has 2 aliphatic heterocycles. The van der Waals surface area contributed by atoms with E-state index < -0.39 is 0 Å². The third kappa shape index (κ3) is 13.3. The number of anilines is 2. The molecule has 0 radical (unpaired) electrons. The molecule has 0 amide bonds. The fourth-order valence-corrected chi connectivity index (χ4v) is 9.06. The summed E-state index contributed by atoms with van der Waals surface area (Å²) in [6.07, 6.45) is 2.94. The molecule has 2 atom stereocenters. The van der Waals surface area contributed by atoms with Crippen molar-refractivity contribution >= 4 is 34.0 Å². The molecule has 2 aliphatic rings. The molecule has 0 bridgehead atoms. The van der Waals surface area contributed by atoms with Crippen molar-refractivity contribution in [3.63, 3.8) is 0 Å². The molecule has 2 unspecified atom stereocenters. The van der Waals surface area contributed by atoms with Gasteiger partial charge in [-0.3, -0.25) is 4.90 Å². The first-order valence-electron chi connectivity index (χ1n) is 26.6. The Hall–Kier alpha value is -5.24. The van der Waals surface area contributed by atoms with Gasteiger partial charge in [0.15, 0.2) is 17.6 Å². The summed E-state index contributed by atoms with van der Waals surface area (Å²) in [5.41, 5.74) is 12.7. The van der Waals surface area contributed by atoms with E-state index in [4.69, 9.17) is 59.0 Å². The minimum absolute atomic E-state index is 0.0918. The smallest absolute Gasteiger partial charge is 0.179 e. The number of hydrogen-bond donors (Lipinski definition) is 3. The quantitative estimate of drug-likeness (QED) is 0.0651. The van der Waals surface area contributed by atoms with Crippen LogP contribution in [0.15, 0.2) is 24.3 Å². The van der Waals surface area contributed by atoms with Gasteiger partial charge in [0.25, 0.3) is 0 Å². The molecule has 2 saturated heterocycles. The summed E-state index contributed by atoms with van der Waals surface area (Å²) in [6.45, 7) is 34.6. The SMILES string of the molecule is C1COCCN1.CCOC(OCC)C(CC)n1nc(C)c2nc(-c3ccc(C(C)C)nc3NC)c(CC)nc21.CCc1nc2c(nc1-c1ccc(C(C)C)nc1NC)c(C)nn2C(CC)CN1CCOCC1. The van der Waals surface area contributed by atoms with Gasteiger partial charge in [-0.25, -0.2) is 39.3 Å². The van der Waals surface area contributed by atoms with Gasteiger partial charge < -0.3 is 34.9 Å². The van der Waals surface area contributed by atoms with Crippen molar-refractivity contribution in [2.75, 3.05) is 97.1 Å². The Morgan fingerprint density at radius 3 is 1.47 bits per heavy atom. The van der Waals surface area contributed by atoms with E-state index in [1.165, 1.54) is 0 Å². The lowest BCUT2D eigenvalue weighted by atomic mass is 10.0. The average Bonchev–Trinajstić information content (AvgIpc) is 3.91. The molecule has 0 saturated carbocycles. The van der Waals surface area contributed by atoms with Crippen LogP contribution in [0.2, 0.25) is 0 Å². The molecule has 18 nitrogen and oxygen atoms in total. The van der Waals surface area contributed by atoms with Crippen LogP contribution >= 0.6 is 0 Å². The lowest BCUT2D eigenvalue weighted by molar-refractivity contribution is -0.164. The number of ether oxygens (including phenoxy) is 4. The number of pyridine rings is 2. The van der Waals surface area contributed by atoms with E-state index in [-0.39, 0.29) is 18.4 Å². The predicted octanol–water partition coefficient (Wildman–Crippen LogP) is 9.09. The van der Waals surface area contributed by atoms with Crippen LogP contribution in [0.4, 0.5) is 11.6 Å². The van der Waals surface area contributed by atoms with Gasteiger partial charge in [0.05, 0.1) is 66.6 Å². The molecular formula is C54H84N14O4. The van der Waals surface area contributed by atoms with Crippen LogP contribution in [-0.2, 0) is 31.8 Å². The Morgan fingerprint density at radius 2 is 1.08 bits per heavy atom. The van der Waals surface area contributed by atoms with Gasteiger partial charge in [-0.05, 0) is 89.5 Å². The Kier molecular flexibility index (Phi) is 21.2. The first-order chi connectivity index (χ1) is 34.9. The van der Waals surface area contributed by atoms with E-state index in [0.717, 1.165) is 175 Å². The summed E-state index contributed by atoms with van der Waals surface area (Å²) in [5, 5.41) is 19.4. The van der Waals surface area contributed by atoms with Crippen molar-refractivity contribution in [2.24, 2.45) is 0 Å². The van der Waals surface area contributed by atoms with Crippen molar-refractivity contribution < 1.29 is 18.9 Å². The fourth-order valence-electron chi connectivity index (χ4n) is 9.06. The highest BCUT2D eigenvalue weighted by molar-refractivity contribution is 5.83. The lowest BCUT2D eigenvalue weighted by Crippen LogP contribution is -2.40. The zero-order chi connectivity index (χ0) is 51.9. The van der Waals surface area contributed by atoms with Crippen LogP contribution in [0.5, 0.6) is 0 Å². The van der Waals surface area contributed by atoms with Crippen LogP contribution in [0.1, 0.15) is 140 Å². The van der Waals surface area contributed by atoms with E-state index in [9.17, 15) is 0 Å². The zero-order valence-corrected chi connectivity index (χ0v) is 45.9. The molecule has 72 heavy (non-hydrogen) atoms. The molecule has 6 aromatic heterocycles. The molecule has 8 rings (SSSR count). The Bertz CT molecular complexity index is 2620. The first kappa shape index (κ1) is 56.1. The first-order valence-corrected chi connectivity index (χ1v) is 26.6. The highest BCUT2D eigenvalue weighted by atomic mass is 16.7. The van der Waals surface area contributed by atoms with Crippen LogP contribution in [0, 0.1) is 13.8 Å². The number of aryl methyl sites for hydroxylation is 4. The van der Waals surface area contributed by atoms with E-state index in [2.05, 4.69) is 105 Å². The van der Waals surface area contributed by atoms with Crippen LogP contribution in [-0.4, -0.2) is 147 Å². The third-order valence-electron chi connectivity index (χ3n) is 13.1. The zero-order valence-electron chi connectivity index (χ0n) is 45.9. The molecule has 0 aromatic carbocycles. The number of aromatic nitrogens is 10. The minimum atomic E-state index is -0.386. The average molecular weight is 993 g/mol. The van der Waals surface area contributed by atoms with Gasteiger partial charge in [-0.15, -0.1) is 0 Å². The molecule has 0 aliphatic carbocycles. The second kappa shape index (κ2) is 27.2. The van der Waals surface area contributed by atoms with E-state index in [0.29, 0.717) is 25.0 Å². The molecule has 6 aromatic rings. The second-order valence-corrected chi connectivity index (χ2v) is 18.8. The minimum Gasteiger partial charge on any atom is -0.379 e. The molecule has 2 fully saturated rings. The summed E-state index contributed by atoms with van der Waals surface area (Å²) in [6, 6.07) is 8.55. The van der Waals surface area contributed by atoms with Crippen LogP contribution < -0.4 is 16.0 Å². The fraction of sp³-hybridized carbons (Fsp3) is 0.630. The lowest BCUT2D eigenvalue weighted by Gasteiger charge is -2.30. The molecule has 0 spiro atoms. The van der Waals surface area contributed by atoms with Crippen LogP contribution in [0.3, 0.4) is 0 Å². The third-order valence-corrected chi connectivity index (χ3v) is 13.1. The molecule has 18 heteroatoms. The summed E-state index contributed by atoms with van der Waals surface area (Å²) in [7, 11) is 3.80. The van der Waals surface area contributed by atoms with Gasteiger partial charge in [0.1, 0.15) is 28.7 Å². The molecule has 3 N–H and O–H groups in total. The highest BCUT2D eigenvalue weighted by Gasteiger charge is 2.29. The summed E-state index contributed by atoms with van der Waals surface area (Å²) < 4.78 is 26.4. The van der Waals surface area contributed by atoms with Gasteiger partial charge in [0, 0.05) is 82.5 Å². The highest BCUT2D eigenvalue weighted by Crippen LogP contribution is 2.35. The second-order valence-electron chi connectivity index (χ2n) is 18.8. The maximum atomic E-state index is 5.91. The predicted molar refractivity (Wildman–Crippen MR) is 289 cm³/mol. The van der Waals surface area contributed by atoms with E-state index in [1.54, 1.807) is 0 Å². The largest absolute Gasteiger partial charge is 0.379 e. The monoisotopic (exact) mass is 993 g/mol. The molecular weight excluding hydrogens is 909 g/mol. The van der Waals surface area contributed by atoms with Crippen LogP contribution in [0.25, 0.3) is 44.8 Å². The standard InChI is InChI=1S/C25H37N7O.C25H38N6O2.C4H9NO/c1-7-18(15-31-11-13-33-14-12-31)32-25-22(17(5)30-32)29-23(20(8-2)28-25)19-9-10-21(16(3)4)27-24(19)26-6;1-9-18-22(17-13-14-19(15(5)6)27-23(17)26-8)29-21-16(7)30-31(24(21)28-18)20(10-2)25(32-11-3)33-12-4;1-3-6-4-2-5-1/h9-10,16,18H,7-8,11-15H2,1-6H3,(H,26,27);13-15,20,25H,9-12H2,1-8H3,(H,26,27);5H,1-4H2. The number of morpholine rings is 2. The van der Waals surface area contributed by atoms with Gasteiger partial charge >= 0.3 is 0 Å². The summed E-state index contributed by atoms with van der Waals surface area (Å²) >= 11 is 0. The van der Waals surface area contributed by atoms with Crippen molar-refractivity contribution in [2.45, 2.75) is 139 Å². The Balaban J connectivity index is 0.000000210. The number of fused-ring (bicyclic) bond motifs is 2.